The number of carboxylic acid groups (broad SMARTS) is 1. The summed E-state index contributed by atoms with van der Waals surface area (Å²) in [6, 6.07) is 1.67. The van der Waals surface area contributed by atoms with Crippen LogP contribution in [0.3, 0.4) is 0 Å². The first-order valence-corrected chi connectivity index (χ1v) is 7.37. The first-order valence-electron chi connectivity index (χ1n) is 7.37. The highest BCUT2D eigenvalue weighted by Crippen LogP contribution is 2.29. The van der Waals surface area contributed by atoms with Crippen molar-refractivity contribution in [1.82, 2.24) is 15.5 Å². The average Bonchev–Trinajstić information content (AvgIpc) is 2.48. The number of nitrogens with one attached hydrogen (secondary N) is 1. The third-order valence-electron chi connectivity index (χ3n) is 4.04. The fourth-order valence-corrected chi connectivity index (χ4v) is 2.80. The lowest BCUT2D eigenvalue weighted by molar-refractivity contribution is -0.145. The van der Waals surface area contributed by atoms with E-state index >= 15 is 0 Å². The van der Waals surface area contributed by atoms with Gasteiger partial charge < -0.3 is 10.4 Å². The molecule has 0 aromatic carbocycles. The number of aryl methyl sites for hydroxylation is 2. The maximum Gasteiger partial charge on any atom is 0.329 e. The molecule has 0 radical (unpaired) electrons. The molecule has 0 aliphatic heterocycles. The molecule has 6 nitrogen and oxygen atoms in total. The van der Waals surface area contributed by atoms with Crippen LogP contribution in [0.1, 0.15) is 60.8 Å². The molecule has 114 valence electrons. The fraction of sp³-hybridized carbons (Fsp3) is 0.600. The van der Waals surface area contributed by atoms with Crippen LogP contribution in [0.25, 0.3) is 0 Å². The van der Waals surface area contributed by atoms with Gasteiger partial charge in [-0.3, -0.25) is 4.79 Å². The van der Waals surface area contributed by atoms with Crippen molar-refractivity contribution in [3.63, 3.8) is 0 Å². The number of hydrogen-bond acceptors (Lipinski definition) is 4. The summed E-state index contributed by atoms with van der Waals surface area (Å²) in [7, 11) is 0. The Bertz CT molecular complexity index is 551. The number of aliphatic carboxylic acids is 1. The summed E-state index contributed by atoms with van der Waals surface area (Å²) in [5.74, 6) is -1.32. The minimum atomic E-state index is -1.14. The maximum absolute atomic E-state index is 12.5. The van der Waals surface area contributed by atoms with Crippen molar-refractivity contribution in [1.29, 1.82) is 0 Å². The second-order valence-electron chi connectivity index (χ2n) is 5.60. The zero-order valence-corrected chi connectivity index (χ0v) is 12.5. The monoisotopic (exact) mass is 291 g/mol. The average molecular weight is 291 g/mol. The van der Waals surface area contributed by atoms with Gasteiger partial charge in [0.2, 0.25) is 0 Å². The molecule has 6 heteroatoms. The second-order valence-corrected chi connectivity index (χ2v) is 5.60. The van der Waals surface area contributed by atoms with E-state index < -0.39 is 11.5 Å². The lowest BCUT2D eigenvalue weighted by Crippen LogP contribution is -2.55. The van der Waals surface area contributed by atoms with Gasteiger partial charge in [0.15, 0.2) is 0 Å². The zero-order chi connectivity index (χ0) is 15.5. The van der Waals surface area contributed by atoms with Crippen LogP contribution in [0.5, 0.6) is 0 Å². The summed E-state index contributed by atoms with van der Waals surface area (Å²) in [6.45, 7) is 3.65. The molecule has 1 amide bonds. The highest BCUT2D eigenvalue weighted by atomic mass is 16.4. The van der Waals surface area contributed by atoms with Crippen LogP contribution in [0.2, 0.25) is 0 Å². The largest absolute Gasteiger partial charge is 0.480 e. The van der Waals surface area contributed by atoms with E-state index in [0.717, 1.165) is 19.3 Å². The van der Waals surface area contributed by atoms with Crippen LogP contribution in [0.4, 0.5) is 0 Å². The Morgan fingerprint density at radius 1 is 1.29 bits per heavy atom. The molecule has 0 saturated heterocycles. The molecule has 0 spiro atoms. The number of carbonyl (C=O) groups is 2. The summed E-state index contributed by atoms with van der Waals surface area (Å²) in [4.78, 5) is 24.1. The van der Waals surface area contributed by atoms with Gasteiger partial charge in [0.05, 0.1) is 17.0 Å². The predicted molar refractivity (Wildman–Crippen MR) is 77.1 cm³/mol. The molecule has 21 heavy (non-hydrogen) atoms. The van der Waals surface area contributed by atoms with Crippen LogP contribution >= 0.6 is 0 Å². The van der Waals surface area contributed by atoms with E-state index in [0.29, 0.717) is 36.2 Å². The topological polar surface area (TPSA) is 92.2 Å². The van der Waals surface area contributed by atoms with Crippen molar-refractivity contribution < 1.29 is 14.7 Å². The van der Waals surface area contributed by atoms with E-state index in [1.54, 1.807) is 13.0 Å². The fourth-order valence-electron chi connectivity index (χ4n) is 2.80. The van der Waals surface area contributed by atoms with E-state index in [1.165, 1.54) is 0 Å². The van der Waals surface area contributed by atoms with Crippen molar-refractivity contribution in [3.05, 3.63) is 23.0 Å². The standard InChI is InChI=1S/C15H21N3O3/c1-3-12-11(9-10(2)17-18-12)13(19)16-15(14(20)21)7-5-4-6-8-15/h9H,3-8H2,1-2H3,(H,16,19)(H,20,21). The Hall–Kier alpha value is -1.98. The highest BCUT2D eigenvalue weighted by molar-refractivity contribution is 5.98. The van der Waals surface area contributed by atoms with Crippen LogP contribution in [0.15, 0.2) is 6.07 Å². The molecule has 1 aromatic heterocycles. The molecule has 0 unspecified atom stereocenters. The second kappa shape index (κ2) is 6.20. The number of aromatic nitrogens is 2. The van der Waals surface area contributed by atoms with E-state index in [9.17, 15) is 14.7 Å². The predicted octanol–water partition coefficient (Wildman–Crippen LogP) is 1.86. The Morgan fingerprint density at radius 3 is 2.52 bits per heavy atom. The zero-order valence-electron chi connectivity index (χ0n) is 12.5. The molecular weight excluding hydrogens is 270 g/mol. The van der Waals surface area contributed by atoms with Gasteiger partial charge in [-0.1, -0.05) is 26.2 Å². The van der Waals surface area contributed by atoms with Crippen LogP contribution in [0, 0.1) is 6.92 Å². The van der Waals surface area contributed by atoms with E-state index in [1.807, 2.05) is 6.92 Å². The molecule has 1 heterocycles. The molecule has 1 fully saturated rings. The van der Waals surface area contributed by atoms with E-state index in [4.69, 9.17) is 0 Å². The first kappa shape index (κ1) is 15.4. The molecule has 2 rings (SSSR count). The maximum atomic E-state index is 12.5. The molecule has 0 bridgehead atoms. The molecule has 1 saturated carbocycles. The molecule has 0 atom stereocenters. The summed E-state index contributed by atoms with van der Waals surface area (Å²) in [6.07, 6.45) is 4.19. The van der Waals surface area contributed by atoms with Gasteiger partial charge in [0.25, 0.3) is 5.91 Å². The number of carbonyl (C=O) groups excluding carboxylic acids is 1. The number of hydrogen-bond donors (Lipinski definition) is 2. The summed E-state index contributed by atoms with van der Waals surface area (Å²) >= 11 is 0. The molecule has 1 aliphatic rings. The molecule has 1 aliphatic carbocycles. The molecule has 1 aromatic rings. The van der Waals surface area contributed by atoms with Crippen molar-refractivity contribution in [2.75, 3.05) is 0 Å². The Balaban J connectivity index is 2.27. The van der Waals surface area contributed by atoms with Crippen LogP contribution in [-0.4, -0.2) is 32.7 Å². The van der Waals surface area contributed by atoms with Gasteiger partial charge in [-0.2, -0.15) is 10.2 Å². The van der Waals surface area contributed by atoms with Gasteiger partial charge in [-0.15, -0.1) is 0 Å². The number of nitrogens with zero attached hydrogens (tertiary/aromatic N) is 2. The van der Waals surface area contributed by atoms with Crippen LogP contribution < -0.4 is 5.32 Å². The van der Waals surface area contributed by atoms with Crippen molar-refractivity contribution in [3.8, 4) is 0 Å². The summed E-state index contributed by atoms with van der Waals surface area (Å²) < 4.78 is 0. The van der Waals surface area contributed by atoms with Crippen molar-refractivity contribution in [2.45, 2.75) is 57.9 Å². The molecule has 2 N–H and O–H groups in total. The van der Waals surface area contributed by atoms with Gasteiger partial charge in [0.1, 0.15) is 5.54 Å². The smallest absolute Gasteiger partial charge is 0.329 e. The van der Waals surface area contributed by atoms with Gasteiger partial charge >= 0.3 is 5.97 Å². The van der Waals surface area contributed by atoms with E-state index in [-0.39, 0.29) is 5.91 Å². The third kappa shape index (κ3) is 3.20. The van der Waals surface area contributed by atoms with Crippen LogP contribution in [-0.2, 0) is 11.2 Å². The minimum Gasteiger partial charge on any atom is -0.480 e. The van der Waals surface area contributed by atoms with Crippen molar-refractivity contribution >= 4 is 11.9 Å². The number of rotatable bonds is 4. The SMILES string of the molecule is CCc1nnc(C)cc1C(=O)NC1(C(=O)O)CCCCC1. The van der Waals surface area contributed by atoms with Gasteiger partial charge in [0, 0.05) is 0 Å². The summed E-state index contributed by atoms with van der Waals surface area (Å²) in [5, 5.41) is 20.2. The third-order valence-corrected chi connectivity index (χ3v) is 4.04. The quantitative estimate of drug-likeness (QED) is 0.883. The van der Waals surface area contributed by atoms with E-state index in [2.05, 4.69) is 15.5 Å². The Morgan fingerprint density at radius 2 is 1.95 bits per heavy atom. The lowest BCUT2D eigenvalue weighted by atomic mass is 9.81. The first-order chi connectivity index (χ1) is 9.98. The highest BCUT2D eigenvalue weighted by Gasteiger charge is 2.41. The van der Waals surface area contributed by atoms with Crippen molar-refractivity contribution in [2.24, 2.45) is 0 Å². The number of carboxylic acids is 1. The number of amides is 1. The Kier molecular flexibility index (Phi) is 4.55. The van der Waals surface area contributed by atoms with Gasteiger partial charge in [-0.05, 0) is 32.3 Å². The van der Waals surface area contributed by atoms with Gasteiger partial charge in [-0.25, -0.2) is 4.79 Å². The Labute approximate surface area is 124 Å². The summed E-state index contributed by atoms with van der Waals surface area (Å²) in [5.41, 5.74) is 0.522. The minimum absolute atomic E-state index is 0.367. The normalized spacial score (nSPS) is 17.2. The molecular formula is C15H21N3O3. The lowest BCUT2D eigenvalue weighted by Gasteiger charge is -2.34.